The summed E-state index contributed by atoms with van der Waals surface area (Å²) >= 11 is 0. The Kier molecular flexibility index (Phi) is 12.5. The number of hydrogen-bond acceptors (Lipinski definition) is 4. The fourth-order valence-electron chi connectivity index (χ4n) is 17.6. The largest absolute Gasteiger partial charge is 0.393 e. The van der Waals surface area contributed by atoms with Crippen LogP contribution in [0.1, 0.15) is 197 Å². The predicted molar refractivity (Wildman–Crippen MR) is 239 cm³/mol. The first kappa shape index (κ1) is 43.9. The summed E-state index contributed by atoms with van der Waals surface area (Å²) in [5, 5.41) is 32.8. The Bertz CT molecular complexity index is 1510. The maximum atomic E-state index is 11.1. The lowest BCUT2D eigenvalue weighted by molar-refractivity contribution is -0.0795. The van der Waals surface area contributed by atoms with Crippen molar-refractivity contribution in [3.8, 4) is 0 Å². The molecular formula is C54H90O4. The van der Waals surface area contributed by atoms with Crippen LogP contribution in [0.5, 0.6) is 0 Å². The van der Waals surface area contributed by atoms with Crippen LogP contribution in [0, 0.1) is 86.8 Å². The first-order valence-corrected chi connectivity index (χ1v) is 25.5. The highest BCUT2D eigenvalue weighted by molar-refractivity contribution is 5.27. The standard InChI is InChI=1S/C54H90O4/c1-34(2)11-10-12-35(3)44-15-17-47-43-32-41(31-38-30-40(56)21-26-52(38,7)49(43)23-27-53(44,47)8)58-33-36(19-24-50(4,5)57)45-16-18-46-42-14-13-37-29-39(55)20-25-51(37,6)48(42)22-28-54(45,46)9/h13,31,34-36,39-49,55-57H,10-12,14-30,32-33H2,1-9H3/t35-,36+,39+,40+,41+,42+,43-,44-,45-,46+,47+,48+,49+,51+,52+,53-,54-/m1/s1. The fraction of sp³-hybridized carbons (Fsp3) is 0.926. The molecule has 4 nitrogen and oxygen atoms in total. The van der Waals surface area contributed by atoms with Gasteiger partial charge < -0.3 is 20.1 Å². The molecule has 0 radical (unpaired) electrons. The highest BCUT2D eigenvalue weighted by Crippen LogP contribution is 2.69. The van der Waals surface area contributed by atoms with Gasteiger partial charge in [-0.1, -0.05) is 91.0 Å². The van der Waals surface area contributed by atoms with Crippen molar-refractivity contribution in [3.63, 3.8) is 0 Å². The second-order valence-electron chi connectivity index (χ2n) is 25.0. The van der Waals surface area contributed by atoms with E-state index in [0.29, 0.717) is 34.5 Å². The second kappa shape index (κ2) is 16.5. The monoisotopic (exact) mass is 803 g/mol. The zero-order chi connectivity index (χ0) is 41.4. The topological polar surface area (TPSA) is 69.9 Å². The van der Waals surface area contributed by atoms with Gasteiger partial charge in [0.1, 0.15) is 0 Å². The summed E-state index contributed by atoms with van der Waals surface area (Å²) in [4.78, 5) is 0. The SMILES string of the molecule is CC(C)CCC[C@@H](C)[C@H]1CC[C@H]2[C@H]3C[C@@H](OC[C@H](CCC(C)(C)O)[C@H]4CC[C@H]5[C@@H]6CC=C7C[C@@H](O)CC[C@]7(C)[C@H]6CC[C@]45C)C=C4C[C@@H](O)CC[C@]4(C)[C@H]3CC[C@]12C. The third-order valence-electron chi connectivity index (χ3n) is 20.9. The highest BCUT2D eigenvalue weighted by atomic mass is 16.5. The molecule has 0 heterocycles. The molecule has 0 saturated heterocycles. The van der Waals surface area contributed by atoms with Crippen molar-refractivity contribution >= 4 is 0 Å². The van der Waals surface area contributed by atoms with Gasteiger partial charge in [0.15, 0.2) is 0 Å². The number of allylic oxidation sites excluding steroid dienone is 1. The maximum Gasteiger partial charge on any atom is 0.0761 e. The third-order valence-corrected chi connectivity index (χ3v) is 20.9. The molecule has 8 aliphatic carbocycles. The molecule has 6 saturated carbocycles. The lowest BCUT2D eigenvalue weighted by Gasteiger charge is -2.58. The van der Waals surface area contributed by atoms with E-state index in [4.69, 9.17) is 4.74 Å². The van der Waals surface area contributed by atoms with Gasteiger partial charge in [-0.15, -0.1) is 0 Å². The van der Waals surface area contributed by atoms with E-state index in [1.807, 2.05) is 13.8 Å². The average Bonchev–Trinajstić information content (AvgIpc) is 3.66. The van der Waals surface area contributed by atoms with Gasteiger partial charge in [-0.3, -0.25) is 0 Å². The molecule has 3 N–H and O–H groups in total. The molecule has 8 rings (SSSR count). The minimum atomic E-state index is -0.672. The molecule has 0 amide bonds. The highest BCUT2D eigenvalue weighted by Gasteiger charge is 2.61. The number of rotatable bonds is 12. The van der Waals surface area contributed by atoms with Gasteiger partial charge in [0.25, 0.3) is 0 Å². The fourth-order valence-corrected chi connectivity index (χ4v) is 17.6. The molecule has 330 valence electrons. The molecule has 0 bridgehead atoms. The Hall–Kier alpha value is -0.680. The third kappa shape index (κ3) is 7.95. The average molecular weight is 803 g/mol. The van der Waals surface area contributed by atoms with E-state index in [0.717, 1.165) is 106 Å². The molecule has 8 aliphatic rings. The smallest absolute Gasteiger partial charge is 0.0761 e. The maximum absolute atomic E-state index is 11.1. The summed E-state index contributed by atoms with van der Waals surface area (Å²) in [5.41, 5.74) is 3.63. The molecule has 0 spiro atoms. The van der Waals surface area contributed by atoms with Crippen LogP contribution in [-0.4, -0.2) is 45.8 Å². The van der Waals surface area contributed by atoms with Crippen LogP contribution in [-0.2, 0) is 4.74 Å². The molecule has 0 aromatic heterocycles. The van der Waals surface area contributed by atoms with E-state index in [-0.39, 0.29) is 29.1 Å². The lowest BCUT2D eigenvalue weighted by Crippen LogP contribution is -2.51. The summed E-state index contributed by atoms with van der Waals surface area (Å²) in [6.45, 7) is 22.8. The van der Waals surface area contributed by atoms with Crippen LogP contribution in [0.2, 0.25) is 0 Å². The van der Waals surface area contributed by atoms with E-state index in [1.54, 1.807) is 5.57 Å². The summed E-state index contributed by atoms with van der Waals surface area (Å²) in [7, 11) is 0. The van der Waals surface area contributed by atoms with E-state index >= 15 is 0 Å². The Morgan fingerprint density at radius 2 is 1.28 bits per heavy atom. The first-order valence-electron chi connectivity index (χ1n) is 25.5. The van der Waals surface area contributed by atoms with Gasteiger partial charge >= 0.3 is 0 Å². The summed E-state index contributed by atoms with van der Waals surface area (Å²) in [5.74, 6) is 7.98. The minimum absolute atomic E-state index is 0.119. The summed E-state index contributed by atoms with van der Waals surface area (Å²) in [6, 6.07) is 0. The van der Waals surface area contributed by atoms with Gasteiger partial charge in [0, 0.05) is 0 Å². The molecule has 0 aliphatic heterocycles. The van der Waals surface area contributed by atoms with Crippen molar-refractivity contribution in [2.75, 3.05) is 6.61 Å². The molecule has 0 aromatic rings. The Labute approximate surface area is 356 Å². The molecule has 6 fully saturated rings. The Morgan fingerprint density at radius 1 is 0.690 bits per heavy atom. The summed E-state index contributed by atoms with van der Waals surface area (Å²) in [6.07, 6.45) is 30.0. The van der Waals surface area contributed by atoms with Crippen LogP contribution < -0.4 is 0 Å². The van der Waals surface area contributed by atoms with Gasteiger partial charge in [-0.05, 0) is 216 Å². The van der Waals surface area contributed by atoms with Crippen LogP contribution in [0.3, 0.4) is 0 Å². The van der Waals surface area contributed by atoms with Crippen LogP contribution in [0.4, 0.5) is 0 Å². The lowest BCUT2D eigenvalue weighted by atomic mass is 9.47. The van der Waals surface area contributed by atoms with Gasteiger partial charge in [0.2, 0.25) is 0 Å². The van der Waals surface area contributed by atoms with Crippen molar-refractivity contribution < 1.29 is 20.1 Å². The number of hydrogen-bond donors (Lipinski definition) is 3. The molecule has 0 unspecified atom stereocenters. The van der Waals surface area contributed by atoms with Crippen molar-refractivity contribution in [1.82, 2.24) is 0 Å². The Balaban J connectivity index is 1.03. The van der Waals surface area contributed by atoms with Crippen molar-refractivity contribution in [2.24, 2.45) is 86.8 Å². The molecule has 0 aromatic carbocycles. The second-order valence-corrected chi connectivity index (χ2v) is 25.0. The zero-order valence-corrected chi connectivity index (χ0v) is 39.0. The molecular weight excluding hydrogens is 713 g/mol. The Morgan fingerprint density at radius 3 is 1.93 bits per heavy atom. The normalized spacial score (nSPS) is 47.4. The van der Waals surface area contributed by atoms with Crippen molar-refractivity contribution in [2.45, 2.75) is 221 Å². The zero-order valence-electron chi connectivity index (χ0n) is 39.0. The van der Waals surface area contributed by atoms with Gasteiger partial charge in [-0.2, -0.15) is 0 Å². The molecule has 4 heteroatoms. The van der Waals surface area contributed by atoms with Crippen molar-refractivity contribution in [3.05, 3.63) is 23.3 Å². The number of aliphatic hydroxyl groups is 3. The number of aliphatic hydroxyl groups excluding tert-OH is 2. The van der Waals surface area contributed by atoms with Gasteiger partial charge in [-0.25, -0.2) is 0 Å². The first-order chi connectivity index (χ1) is 27.4. The minimum Gasteiger partial charge on any atom is -0.393 e. The van der Waals surface area contributed by atoms with Crippen LogP contribution in [0.25, 0.3) is 0 Å². The molecule has 58 heavy (non-hydrogen) atoms. The van der Waals surface area contributed by atoms with Crippen molar-refractivity contribution in [1.29, 1.82) is 0 Å². The quantitative estimate of drug-likeness (QED) is 0.172. The number of ether oxygens (including phenoxy) is 1. The molecule has 17 atom stereocenters. The van der Waals surface area contributed by atoms with Crippen LogP contribution in [0.15, 0.2) is 23.3 Å². The predicted octanol–water partition coefficient (Wildman–Crippen LogP) is 12.9. The van der Waals surface area contributed by atoms with Gasteiger partial charge in [0.05, 0.1) is 30.5 Å². The van der Waals surface area contributed by atoms with Crippen LogP contribution >= 0.6 is 0 Å². The van der Waals surface area contributed by atoms with E-state index in [1.165, 1.54) is 82.6 Å². The van der Waals surface area contributed by atoms with E-state index in [2.05, 4.69) is 60.6 Å². The van der Waals surface area contributed by atoms with E-state index in [9.17, 15) is 15.3 Å². The van der Waals surface area contributed by atoms with E-state index < -0.39 is 5.60 Å². The number of fused-ring (bicyclic) bond motifs is 10. The summed E-state index contributed by atoms with van der Waals surface area (Å²) < 4.78 is 7.47.